The smallest absolute Gasteiger partial charge is 0.1000 e. The van der Waals surface area contributed by atoms with Crippen LogP contribution in [0.15, 0.2) is 5.10 Å². The zero-order valence-corrected chi connectivity index (χ0v) is 10.4. The van der Waals surface area contributed by atoms with Gasteiger partial charge in [0.15, 0.2) is 0 Å². The highest BCUT2D eigenvalue weighted by molar-refractivity contribution is 5.95. The number of hydrogen-bond donors (Lipinski definition) is 1. The van der Waals surface area contributed by atoms with E-state index in [1.807, 2.05) is 14.1 Å². The highest BCUT2D eigenvalue weighted by atomic mass is 16.3. The zero-order chi connectivity index (χ0) is 11.4. The largest absolute Gasteiger partial charge is 0.386 e. The molecule has 3 nitrogen and oxygen atoms in total. The van der Waals surface area contributed by atoms with E-state index in [9.17, 15) is 5.11 Å². The fourth-order valence-electron chi connectivity index (χ4n) is 3.40. The standard InChI is InChI=1S/C12H22N2O/c1-11(2)8-6-7-12(11,3)10(15)9(8)13-14(4)5/h8,10,15H,6-7H2,1-5H3/b13-9+. The van der Waals surface area contributed by atoms with E-state index in [0.29, 0.717) is 5.92 Å². The summed E-state index contributed by atoms with van der Waals surface area (Å²) >= 11 is 0. The van der Waals surface area contributed by atoms with Gasteiger partial charge in [-0.3, -0.25) is 0 Å². The predicted molar refractivity (Wildman–Crippen MR) is 61.7 cm³/mol. The topological polar surface area (TPSA) is 35.8 Å². The van der Waals surface area contributed by atoms with Gasteiger partial charge in [0.05, 0.1) is 11.8 Å². The minimum atomic E-state index is -0.353. The van der Waals surface area contributed by atoms with Crippen LogP contribution in [-0.4, -0.2) is 36.0 Å². The van der Waals surface area contributed by atoms with Gasteiger partial charge in [-0.2, -0.15) is 5.10 Å². The van der Waals surface area contributed by atoms with Gasteiger partial charge >= 0.3 is 0 Å². The maximum Gasteiger partial charge on any atom is 0.1000 e. The molecule has 2 fully saturated rings. The summed E-state index contributed by atoms with van der Waals surface area (Å²) in [7, 11) is 3.84. The van der Waals surface area contributed by atoms with Crippen LogP contribution >= 0.6 is 0 Å². The SMILES string of the molecule is CN(C)/N=C1\C2CCC(C)(C1O)C2(C)C. The Kier molecular flexibility index (Phi) is 2.16. The summed E-state index contributed by atoms with van der Waals surface area (Å²) in [4.78, 5) is 0. The van der Waals surface area contributed by atoms with E-state index in [1.165, 1.54) is 6.42 Å². The van der Waals surface area contributed by atoms with Crippen molar-refractivity contribution in [3.05, 3.63) is 0 Å². The second kappa shape index (κ2) is 2.97. The minimum absolute atomic E-state index is 0.0203. The van der Waals surface area contributed by atoms with Crippen LogP contribution in [0.4, 0.5) is 0 Å². The van der Waals surface area contributed by atoms with Gasteiger partial charge in [-0.15, -0.1) is 0 Å². The van der Waals surface area contributed by atoms with Crippen molar-refractivity contribution in [2.45, 2.75) is 39.7 Å². The second-order valence-electron chi connectivity index (χ2n) is 6.01. The highest BCUT2D eigenvalue weighted by Crippen LogP contribution is 2.64. The van der Waals surface area contributed by atoms with Crippen LogP contribution in [0.2, 0.25) is 0 Å². The van der Waals surface area contributed by atoms with Gasteiger partial charge in [0.1, 0.15) is 0 Å². The Labute approximate surface area is 92.2 Å². The molecule has 2 rings (SSSR count). The second-order valence-corrected chi connectivity index (χ2v) is 6.01. The average molecular weight is 210 g/mol. The molecule has 2 bridgehead atoms. The molecule has 1 N–H and O–H groups in total. The number of rotatable bonds is 1. The monoisotopic (exact) mass is 210 g/mol. The van der Waals surface area contributed by atoms with Gasteiger partial charge in [-0.25, -0.2) is 0 Å². The summed E-state index contributed by atoms with van der Waals surface area (Å²) in [5, 5.41) is 16.7. The first kappa shape index (κ1) is 10.9. The fraction of sp³-hybridized carbons (Fsp3) is 0.917. The molecule has 2 saturated carbocycles. The van der Waals surface area contributed by atoms with Crippen LogP contribution in [0.1, 0.15) is 33.6 Å². The van der Waals surface area contributed by atoms with Crippen molar-refractivity contribution in [2.24, 2.45) is 21.8 Å². The van der Waals surface area contributed by atoms with Crippen LogP contribution in [0.25, 0.3) is 0 Å². The van der Waals surface area contributed by atoms with E-state index < -0.39 is 0 Å². The summed E-state index contributed by atoms with van der Waals surface area (Å²) in [6, 6.07) is 0. The van der Waals surface area contributed by atoms with Crippen LogP contribution in [0, 0.1) is 16.7 Å². The van der Waals surface area contributed by atoms with Gasteiger partial charge in [-0.1, -0.05) is 20.8 Å². The molecule has 86 valence electrons. The molecule has 0 radical (unpaired) electrons. The lowest BCUT2D eigenvalue weighted by Gasteiger charge is -2.35. The predicted octanol–water partition coefficient (Wildman–Crippen LogP) is 1.72. The molecule has 0 aliphatic heterocycles. The maximum atomic E-state index is 10.4. The first-order valence-corrected chi connectivity index (χ1v) is 5.74. The Morgan fingerprint density at radius 3 is 2.33 bits per heavy atom. The lowest BCUT2D eigenvalue weighted by molar-refractivity contribution is 0.0335. The van der Waals surface area contributed by atoms with Gasteiger partial charge in [0.25, 0.3) is 0 Å². The van der Waals surface area contributed by atoms with Crippen molar-refractivity contribution in [3.8, 4) is 0 Å². The third-order valence-electron chi connectivity index (χ3n) is 4.85. The average Bonchev–Trinajstić information content (AvgIpc) is 2.40. The fourth-order valence-corrected chi connectivity index (χ4v) is 3.40. The third kappa shape index (κ3) is 1.19. The molecule has 0 spiro atoms. The van der Waals surface area contributed by atoms with Crippen LogP contribution in [0.3, 0.4) is 0 Å². The Morgan fingerprint density at radius 2 is 1.93 bits per heavy atom. The Bertz CT molecular complexity index is 309. The Hall–Kier alpha value is -0.570. The van der Waals surface area contributed by atoms with Crippen LogP contribution in [0.5, 0.6) is 0 Å². The van der Waals surface area contributed by atoms with Crippen LogP contribution < -0.4 is 0 Å². The number of nitrogens with zero attached hydrogens (tertiary/aromatic N) is 2. The van der Waals surface area contributed by atoms with E-state index >= 15 is 0 Å². The zero-order valence-electron chi connectivity index (χ0n) is 10.4. The van der Waals surface area contributed by atoms with Crippen molar-refractivity contribution in [1.29, 1.82) is 0 Å². The molecule has 0 aromatic heterocycles. The molecule has 2 aliphatic carbocycles. The lowest BCUT2D eigenvalue weighted by Crippen LogP contribution is -2.38. The van der Waals surface area contributed by atoms with Crippen molar-refractivity contribution in [3.63, 3.8) is 0 Å². The van der Waals surface area contributed by atoms with Gasteiger partial charge in [-0.05, 0) is 18.3 Å². The van der Waals surface area contributed by atoms with Crippen molar-refractivity contribution in [1.82, 2.24) is 5.01 Å². The molecule has 0 heterocycles. The number of hydrogen-bond acceptors (Lipinski definition) is 3. The summed E-state index contributed by atoms with van der Waals surface area (Å²) in [6.45, 7) is 6.74. The Morgan fingerprint density at radius 1 is 1.33 bits per heavy atom. The molecule has 2 aliphatic rings. The van der Waals surface area contributed by atoms with E-state index in [0.717, 1.165) is 12.1 Å². The van der Waals surface area contributed by atoms with E-state index in [4.69, 9.17) is 0 Å². The first-order valence-electron chi connectivity index (χ1n) is 5.74. The summed E-state index contributed by atoms with van der Waals surface area (Å²) < 4.78 is 0. The number of aliphatic hydroxyl groups is 1. The van der Waals surface area contributed by atoms with E-state index in [2.05, 4.69) is 25.9 Å². The number of aliphatic hydroxyl groups excluding tert-OH is 1. The molecule has 15 heavy (non-hydrogen) atoms. The molecule has 0 amide bonds. The first-order chi connectivity index (χ1) is 6.80. The van der Waals surface area contributed by atoms with E-state index in [1.54, 1.807) is 5.01 Å². The van der Waals surface area contributed by atoms with Gasteiger partial charge < -0.3 is 10.1 Å². The molecular weight excluding hydrogens is 188 g/mol. The van der Waals surface area contributed by atoms with Crippen molar-refractivity contribution in [2.75, 3.05) is 14.1 Å². The molecule has 0 aromatic carbocycles. The lowest BCUT2D eigenvalue weighted by atomic mass is 9.70. The molecule has 0 saturated heterocycles. The summed E-state index contributed by atoms with van der Waals surface area (Å²) in [5.74, 6) is 0.458. The van der Waals surface area contributed by atoms with E-state index in [-0.39, 0.29) is 16.9 Å². The minimum Gasteiger partial charge on any atom is -0.386 e. The third-order valence-corrected chi connectivity index (χ3v) is 4.85. The Balaban J connectivity index is 2.42. The van der Waals surface area contributed by atoms with Gasteiger partial charge in [0, 0.05) is 25.4 Å². The van der Waals surface area contributed by atoms with Crippen LogP contribution in [-0.2, 0) is 0 Å². The maximum absolute atomic E-state index is 10.4. The molecule has 3 atom stereocenters. The molecule has 0 aromatic rings. The summed E-state index contributed by atoms with van der Waals surface area (Å²) in [5.41, 5.74) is 1.20. The van der Waals surface area contributed by atoms with Crippen molar-refractivity contribution < 1.29 is 5.11 Å². The number of hydrazone groups is 1. The highest BCUT2D eigenvalue weighted by Gasteiger charge is 2.64. The summed E-state index contributed by atoms with van der Waals surface area (Å²) in [6.07, 6.45) is 1.94. The number of fused-ring (bicyclic) bond motifs is 2. The van der Waals surface area contributed by atoms with Gasteiger partial charge in [0.2, 0.25) is 0 Å². The molecule has 3 heteroatoms. The van der Waals surface area contributed by atoms with Crippen molar-refractivity contribution >= 4 is 5.71 Å². The molecule has 3 unspecified atom stereocenters. The quantitative estimate of drug-likeness (QED) is 0.669. The molecular formula is C12H22N2O. The normalized spacial score (nSPS) is 45.1.